The molecule has 4 rings (SSSR count). The Morgan fingerprint density at radius 2 is 1.68 bits per heavy atom. The molecule has 0 aromatic heterocycles. The van der Waals surface area contributed by atoms with Crippen LogP contribution in [0.1, 0.15) is 12.8 Å². The molecule has 1 N–H and O–H groups in total. The Hall–Kier alpha value is -2.45. The van der Waals surface area contributed by atoms with Gasteiger partial charge >= 0.3 is 0 Å². The van der Waals surface area contributed by atoms with E-state index in [0.29, 0.717) is 36.5 Å². The Morgan fingerprint density at radius 1 is 1.00 bits per heavy atom. The standard InChI is InChI=1S/C20H24N2O5S/c1-25-17-8-10-22(11-9-17)16-4-2-15(3-5-16)21-28(23,24)18-6-7-19-20(14-18)27-13-12-26-19/h2-7,14,17,21H,8-13H2,1H3. The van der Waals surface area contributed by atoms with Crippen molar-refractivity contribution in [2.24, 2.45) is 0 Å². The molecule has 2 heterocycles. The molecule has 2 aliphatic heterocycles. The Kier molecular flexibility index (Phi) is 5.32. The molecule has 7 nitrogen and oxygen atoms in total. The van der Waals surface area contributed by atoms with Gasteiger partial charge in [-0.3, -0.25) is 4.72 Å². The van der Waals surface area contributed by atoms with E-state index in [4.69, 9.17) is 14.2 Å². The van der Waals surface area contributed by atoms with Crippen molar-refractivity contribution in [3.8, 4) is 11.5 Å². The molecule has 1 saturated heterocycles. The highest BCUT2D eigenvalue weighted by Crippen LogP contribution is 2.33. The lowest BCUT2D eigenvalue weighted by atomic mass is 10.1. The van der Waals surface area contributed by atoms with Gasteiger partial charge in [-0.15, -0.1) is 0 Å². The van der Waals surface area contributed by atoms with E-state index in [1.165, 1.54) is 12.1 Å². The second-order valence-corrected chi connectivity index (χ2v) is 8.56. The second-order valence-electron chi connectivity index (χ2n) is 6.88. The average molecular weight is 404 g/mol. The lowest BCUT2D eigenvalue weighted by molar-refractivity contribution is 0.0819. The van der Waals surface area contributed by atoms with E-state index in [1.807, 2.05) is 12.1 Å². The number of piperidine rings is 1. The molecule has 2 aliphatic rings. The number of fused-ring (bicyclic) bond motifs is 1. The Morgan fingerprint density at radius 3 is 2.36 bits per heavy atom. The fourth-order valence-electron chi connectivity index (χ4n) is 3.49. The highest BCUT2D eigenvalue weighted by Gasteiger charge is 2.21. The quantitative estimate of drug-likeness (QED) is 0.826. The maximum atomic E-state index is 12.7. The van der Waals surface area contributed by atoms with Crippen LogP contribution in [0.25, 0.3) is 0 Å². The number of nitrogens with one attached hydrogen (secondary N) is 1. The summed E-state index contributed by atoms with van der Waals surface area (Å²) in [6.45, 7) is 2.74. The van der Waals surface area contributed by atoms with Crippen molar-refractivity contribution in [3.63, 3.8) is 0 Å². The molecule has 8 heteroatoms. The minimum Gasteiger partial charge on any atom is -0.486 e. The predicted molar refractivity (Wildman–Crippen MR) is 107 cm³/mol. The van der Waals surface area contributed by atoms with Crippen LogP contribution in [0.2, 0.25) is 0 Å². The van der Waals surface area contributed by atoms with Gasteiger partial charge in [0.25, 0.3) is 10.0 Å². The Balaban J connectivity index is 1.45. The van der Waals surface area contributed by atoms with Gasteiger partial charge in [-0.1, -0.05) is 0 Å². The van der Waals surface area contributed by atoms with Gasteiger partial charge in [-0.05, 0) is 49.2 Å². The minimum absolute atomic E-state index is 0.141. The van der Waals surface area contributed by atoms with Crippen LogP contribution in [0.3, 0.4) is 0 Å². The highest BCUT2D eigenvalue weighted by atomic mass is 32.2. The molecule has 1 fully saturated rings. The third-order valence-corrected chi connectivity index (χ3v) is 6.46. The maximum Gasteiger partial charge on any atom is 0.262 e. The number of hydrogen-bond donors (Lipinski definition) is 1. The SMILES string of the molecule is COC1CCN(c2ccc(NS(=O)(=O)c3ccc4c(c3)OCCO4)cc2)CC1. The summed E-state index contributed by atoms with van der Waals surface area (Å²) in [5.41, 5.74) is 1.60. The van der Waals surface area contributed by atoms with E-state index in [0.717, 1.165) is 31.6 Å². The summed E-state index contributed by atoms with van der Waals surface area (Å²) in [6, 6.07) is 12.1. The first-order valence-corrected chi connectivity index (χ1v) is 10.8. The largest absolute Gasteiger partial charge is 0.486 e. The molecule has 0 unspecified atom stereocenters. The van der Waals surface area contributed by atoms with Gasteiger partial charge in [0.1, 0.15) is 13.2 Å². The molecule has 0 saturated carbocycles. The van der Waals surface area contributed by atoms with Crippen LogP contribution in [-0.4, -0.2) is 47.9 Å². The van der Waals surface area contributed by atoms with Crippen LogP contribution in [-0.2, 0) is 14.8 Å². The first-order valence-electron chi connectivity index (χ1n) is 9.35. The summed E-state index contributed by atoms with van der Waals surface area (Å²) in [6.07, 6.45) is 2.32. The van der Waals surface area contributed by atoms with Gasteiger partial charge in [-0.2, -0.15) is 0 Å². The third kappa shape index (κ3) is 4.02. The molecule has 2 aromatic carbocycles. The maximum absolute atomic E-state index is 12.7. The van der Waals surface area contributed by atoms with E-state index >= 15 is 0 Å². The van der Waals surface area contributed by atoms with Gasteiger partial charge in [-0.25, -0.2) is 8.42 Å². The number of methoxy groups -OCH3 is 1. The fraction of sp³-hybridized carbons (Fsp3) is 0.400. The van der Waals surface area contributed by atoms with E-state index in [9.17, 15) is 8.42 Å². The highest BCUT2D eigenvalue weighted by molar-refractivity contribution is 7.92. The summed E-state index contributed by atoms with van der Waals surface area (Å²) in [4.78, 5) is 2.43. The smallest absolute Gasteiger partial charge is 0.262 e. The summed E-state index contributed by atoms with van der Waals surface area (Å²) in [7, 11) is -1.96. The van der Waals surface area contributed by atoms with Crippen LogP contribution in [0.5, 0.6) is 11.5 Å². The zero-order chi connectivity index (χ0) is 19.6. The van der Waals surface area contributed by atoms with Gasteiger partial charge in [0, 0.05) is 37.6 Å². The van der Waals surface area contributed by atoms with Gasteiger partial charge in [0.2, 0.25) is 0 Å². The predicted octanol–water partition coefficient (Wildman–Crippen LogP) is 2.87. The summed E-state index contributed by atoms with van der Waals surface area (Å²) in [5.74, 6) is 1.01. The fourth-order valence-corrected chi connectivity index (χ4v) is 4.57. The van der Waals surface area contributed by atoms with Crippen molar-refractivity contribution in [2.45, 2.75) is 23.8 Å². The van der Waals surface area contributed by atoms with Crippen LogP contribution >= 0.6 is 0 Å². The topological polar surface area (TPSA) is 77.1 Å². The molecule has 0 atom stereocenters. The summed E-state index contributed by atoms with van der Waals surface area (Å²) < 4.78 is 44.4. The molecule has 150 valence electrons. The van der Waals surface area contributed by atoms with Gasteiger partial charge in [0.05, 0.1) is 11.0 Å². The van der Waals surface area contributed by atoms with Crippen LogP contribution < -0.4 is 19.1 Å². The number of sulfonamides is 1. The molecule has 0 amide bonds. The lowest BCUT2D eigenvalue weighted by Gasteiger charge is -2.33. The third-order valence-electron chi connectivity index (χ3n) is 5.08. The second kappa shape index (κ2) is 7.89. The molecule has 0 spiro atoms. The van der Waals surface area contributed by atoms with Crippen molar-refractivity contribution < 1.29 is 22.6 Å². The number of rotatable bonds is 5. The van der Waals surface area contributed by atoms with E-state index in [1.54, 1.807) is 25.3 Å². The molecule has 28 heavy (non-hydrogen) atoms. The van der Waals surface area contributed by atoms with E-state index < -0.39 is 10.0 Å². The molecular formula is C20H24N2O5S. The molecule has 2 aromatic rings. The Bertz CT molecular complexity index is 922. The normalized spacial score (nSPS) is 17.4. The zero-order valence-corrected chi connectivity index (χ0v) is 16.6. The number of benzene rings is 2. The van der Waals surface area contributed by atoms with E-state index in [2.05, 4.69) is 9.62 Å². The zero-order valence-electron chi connectivity index (χ0n) is 15.8. The lowest BCUT2D eigenvalue weighted by Crippen LogP contribution is -2.36. The van der Waals surface area contributed by atoms with Crippen LogP contribution in [0.4, 0.5) is 11.4 Å². The first kappa shape index (κ1) is 18.9. The molecule has 0 aliphatic carbocycles. The minimum atomic E-state index is -3.71. The van der Waals surface area contributed by atoms with Crippen LogP contribution in [0.15, 0.2) is 47.4 Å². The van der Waals surface area contributed by atoms with Gasteiger partial charge < -0.3 is 19.1 Å². The molecule has 0 radical (unpaired) electrons. The monoisotopic (exact) mass is 404 g/mol. The van der Waals surface area contributed by atoms with E-state index in [-0.39, 0.29) is 4.90 Å². The van der Waals surface area contributed by atoms with Crippen molar-refractivity contribution in [1.29, 1.82) is 0 Å². The molecule has 0 bridgehead atoms. The number of ether oxygens (including phenoxy) is 3. The number of anilines is 2. The first-order chi connectivity index (χ1) is 13.5. The Labute approximate surface area is 165 Å². The summed E-state index contributed by atoms with van der Waals surface area (Å²) >= 11 is 0. The molecular weight excluding hydrogens is 380 g/mol. The number of nitrogens with zero attached hydrogens (tertiary/aromatic N) is 1. The van der Waals surface area contributed by atoms with Crippen molar-refractivity contribution in [3.05, 3.63) is 42.5 Å². The van der Waals surface area contributed by atoms with Crippen molar-refractivity contribution >= 4 is 21.4 Å². The van der Waals surface area contributed by atoms with Gasteiger partial charge in [0.15, 0.2) is 11.5 Å². The summed E-state index contributed by atoms with van der Waals surface area (Å²) in [5, 5.41) is 0. The van der Waals surface area contributed by atoms with Crippen LogP contribution in [0, 0.1) is 0 Å². The number of hydrogen-bond acceptors (Lipinski definition) is 6. The average Bonchev–Trinajstić information content (AvgIpc) is 2.74. The van der Waals surface area contributed by atoms with Crippen molar-refractivity contribution in [2.75, 3.05) is 43.0 Å². The van der Waals surface area contributed by atoms with Crippen molar-refractivity contribution in [1.82, 2.24) is 0 Å².